The van der Waals surface area contributed by atoms with Crippen LogP contribution in [0.25, 0.3) is 0 Å². The number of benzene rings is 1. The number of piperidine rings is 1. The zero-order chi connectivity index (χ0) is 16.8. The van der Waals surface area contributed by atoms with Gasteiger partial charge < -0.3 is 19.5 Å². The van der Waals surface area contributed by atoms with Crippen molar-refractivity contribution in [2.45, 2.75) is 25.7 Å². The fraction of sp³-hybridized carbons (Fsp3) is 0.529. The average Bonchev–Trinajstić information content (AvgIpc) is 2.59. The molecule has 126 valence electrons. The van der Waals surface area contributed by atoms with Crippen LogP contribution in [-0.2, 0) is 4.79 Å². The third kappa shape index (κ3) is 4.61. The first-order chi connectivity index (χ1) is 11.0. The summed E-state index contributed by atoms with van der Waals surface area (Å²) in [7, 11) is 3.09. The van der Waals surface area contributed by atoms with Crippen LogP contribution in [0.1, 0.15) is 36.0 Å². The Morgan fingerprint density at radius 2 is 1.87 bits per heavy atom. The molecule has 0 bridgehead atoms. The second-order valence-corrected chi connectivity index (χ2v) is 5.79. The van der Waals surface area contributed by atoms with Crippen molar-refractivity contribution in [3.05, 3.63) is 23.8 Å². The molecule has 1 aliphatic rings. The van der Waals surface area contributed by atoms with Crippen LogP contribution in [0.15, 0.2) is 18.2 Å². The second kappa shape index (κ2) is 7.85. The summed E-state index contributed by atoms with van der Waals surface area (Å²) in [5.74, 6) is 0.545. The number of carboxylic acid groups (broad SMARTS) is 1. The van der Waals surface area contributed by atoms with Crippen molar-refractivity contribution in [3.8, 4) is 11.5 Å². The van der Waals surface area contributed by atoms with Gasteiger partial charge in [0, 0.05) is 31.1 Å². The summed E-state index contributed by atoms with van der Waals surface area (Å²) in [6.45, 7) is 1.30. The molecule has 1 fully saturated rings. The molecule has 1 saturated heterocycles. The summed E-state index contributed by atoms with van der Waals surface area (Å²) in [6.07, 6.45) is 2.63. The number of rotatable bonds is 6. The quantitative estimate of drug-likeness (QED) is 0.871. The van der Waals surface area contributed by atoms with Gasteiger partial charge in [-0.15, -0.1) is 0 Å². The normalized spacial score (nSPS) is 17.7. The van der Waals surface area contributed by atoms with Gasteiger partial charge >= 0.3 is 5.97 Å². The fourth-order valence-electron chi connectivity index (χ4n) is 2.93. The Bertz CT molecular complexity index is 550. The van der Waals surface area contributed by atoms with E-state index in [1.165, 1.54) is 0 Å². The van der Waals surface area contributed by atoms with Crippen LogP contribution in [0.2, 0.25) is 0 Å². The van der Waals surface area contributed by atoms with Crippen LogP contribution in [0, 0.1) is 5.92 Å². The molecule has 0 unspecified atom stereocenters. The molecule has 1 aromatic rings. The lowest BCUT2D eigenvalue weighted by Crippen LogP contribution is -2.40. The molecular weight excluding hydrogens is 298 g/mol. The van der Waals surface area contributed by atoms with Gasteiger partial charge in [0.1, 0.15) is 11.5 Å². The van der Waals surface area contributed by atoms with E-state index >= 15 is 0 Å². The fourth-order valence-corrected chi connectivity index (χ4v) is 2.93. The maximum atomic E-state index is 12.7. The lowest BCUT2D eigenvalue weighted by molar-refractivity contribution is -0.137. The molecule has 0 radical (unpaired) electrons. The van der Waals surface area contributed by atoms with Crippen molar-refractivity contribution in [2.75, 3.05) is 27.3 Å². The third-order valence-electron chi connectivity index (χ3n) is 4.17. The number of carbonyl (C=O) groups is 2. The number of likely N-dealkylation sites (tertiary alicyclic amines) is 1. The van der Waals surface area contributed by atoms with Gasteiger partial charge in [-0.25, -0.2) is 0 Å². The summed E-state index contributed by atoms with van der Waals surface area (Å²) in [6, 6.07) is 5.13. The van der Waals surface area contributed by atoms with Crippen LogP contribution in [0.5, 0.6) is 11.5 Å². The molecular formula is C17H23NO5. The van der Waals surface area contributed by atoms with Crippen molar-refractivity contribution < 1.29 is 24.2 Å². The molecule has 1 N–H and O–H groups in total. The zero-order valence-corrected chi connectivity index (χ0v) is 13.6. The van der Waals surface area contributed by atoms with Crippen LogP contribution >= 0.6 is 0 Å². The Morgan fingerprint density at radius 3 is 2.43 bits per heavy atom. The summed E-state index contributed by atoms with van der Waals surface area (Å²) in [4.78, 5) is 25.2. The maximum Gasteiger partial charge on any atom is 0.303 e. The van der Waals surface area contributed by atoms with E-state index in [1.54, 1.807) is 37.3 Å². The highest BCUT2D eigenvalue weighted by Crippen LogP contribution is 2.26. The molecule has 0 spiro atoms. The SMILES string of the molecule is COc1cc(OC)cc(C(=O)N2CCC[C@H](CCC(=O)O)C2)c1. The standard InChI is InChI=1S/C17H23NO5/c1-22-14-8-13(9-15(10-14)23-2)17(21)18-7-3-4-12(11-18)5-6-16(19)20/h8-10,12H,3-7,11H2,1-2H3,(H,19,20)/t12-/m1/s1. The van der Waals surface area contributed by atoms with E-state index in [9.17, 15) is 9.59 Å². The molecule has 6 nitrogen and oxygen atoms in total. The molecule has 0 aromatic heterocycles. The maximum absolute atomic E-state index is 12.7. The van der Waals surface area contributed by atoms with Gasteiger partial charge in [0.15, 0.2) is 0 Å². The number of carbonyl (C=O) groups excluding carboxylic acids is 1. The van der Waals surface area contributed by atoms with Gasteiger partial charge in [0.25, 0.3) is 5.91 Å². The Hall–Kier alpha value is -2.24. The van der Waals surface area contributed by atoms with Crippen molar-refractivity contribution in [3.63, 3.8) is 0 Å². The molecule has 1 amide bonds. The van der Waals surface area contributed by atoms with Crippen molar-refractivity contribution in [1.82, 2.24) is 4.90 Å². The first-order valence-corrected chi connectivity index (χ1v) is 7.77. The number of amides is 1. The summed E-state index contributed by atoms with van der Waals surface area (Å²) >= 11 is 0. The minimum atomic E-state index is -0.786. The van der Waals surface area contributed by atoms with Crippen molar-refractivity contribution in [1.29, 1.82) is 0 Å². The predicted octanol–water partition coefficient (Wildman–Crippen LogP) is 2.42. The number of hydrogen-bond acceptors (Lipinski definition) is 4. The van der Waals surface area contributed by atoms with Crippen LogP contribution in [0.3, 0.4) is 0 Å². The molecule has 1 aromatic carbocycles. The van der Waals surface area contributed by atoms with E-state index in [4.69, 9.17) is 14.6 Å². The summed E-state index contributed by atoms with van der Waals surface area (Å²) in [5, 5.41) is 8.80. The summed E-state index contributed by atoms with van der Waals surface area (Å²) < 4.78 is 10.4. The van der Waals surface area contributed by atoms with Crippen molar-refractivity contribution >= 4 is 11.9 Å². The number of hydrogen-bond donors (Lipinski definition) is 1. The highest BCUT2D eigenvalue weighted by molar-refractivity contribution is 5.95. The van der Waals surface area contributed by atoms with Gasteiger partial charge in [0.05, 0.1) is 14.2 Å². The molecule has 2 rings (SSSR count). The molecule has 1 heterocycles. The van der Waals surface area contributed by atoms with Gasteiger partial charge in [0.2, 0.25) is 0 Å². The van der Waals surface area contributed by atoms with Gasteiger partial charge in [-0.1, -0.05) is 0 Å². The molecule has 0 aliphatic carbocycles. The smallest absolute Gasteiger partial charge is 0.303 e. The highest BCUT2D eigenvalue weighted by atomic mass is 16.5. The first kappa shape index (κ1) is 17.1. The van der Waals surface area contributed by atoms with Gasteiger partial charge in [-0.3, -0.25) is 9.59 Å². The molecule has 1 atom stereocenters. The zero-order valence-electron chi connectivity index (χ0n) is 13.6. The van der Waals surface area contributed by atoms with Gasteiger partial charge in [-0.2, -0.15) is 0 Å². The number of methoxy groups -OCH3 is 2. The van der Waals surface area contributed by atoms with E-state index < -0.39 is 5.97 Å². The Balaban J connectivity index is 2.08. The largest absolute Gasteiger partial charge is 0.497 e. The highest BCUT2D eigenvalue weighted by Gasteiger charge is 2.25. The van der Waals surface area contributed by atoms with E-state index in [2.05, 4.69) is 0 Å². The van der Waals surface area contributed by atoms with Crippen LogP contribution in [0.4, 0.5) is 0 Å². The second-order valence-electron chi connectivity index (χ2n) is 5.79. The first-order valence-electron chi connectivity index (χ1n) is 7.77. The number of aliphatic carboxylic acids is 1. The average molecular weight is 321 g/mol. The lowest BCUT2D eigenvalue weighted by atomic mass is 9.93. The van der Waals surface area contributed by atoms with Gasteiger partial charge in [-0.05, 0) is 37.3 Å². The Morgan fingerprint density at radius 1 is 1.22 bits per heavy atom. The number of ether oxygens (including phenoxy) is 2. The van der Waals surface area contributed by atoms with E-state index in [-0.39, 0.29) is 18.2 Å². The summed E-state index contributed by atoms with van der Waals surface area (Å²) in [5.41, 5.74) is 0.528. The van der Waals surface area contributed by atoms with Crippen LogP contribution < -0.4 is 9.47 Å². The third-order valence-corrected chi connectivity index (χ3v) is 4.17. The topological polar surface area (TPSA) is 76.1 Å². The molecule has 1 aliphatic heterocycles. The predicted molar refractivity (Wildman–Crippen MR) is 85.0 cm³/mol. The molecule has 23 heavy (non-hydrogen) atoms. The molecule has 6 heteroatoms. The van der Waals surface area contributed by atoms with E-state index in [0.29, 0.717) is 36.6 Å². The minimum Gasteiger partial charge on any atom is -0.497 e. The number of carboxylic acids is 1. The van der Waals surface area contributed by atoms with Crippen molar-refractivity contribution in [2.24, 2.45) is 5.92 Å². The van der Waals surface area contributed by atoms with Crippen LogP contribution in [-0.4, -0.2) is 49.2 Å². The Kier molecular flexibility index (Phi) is 5.84. The molecule has 0 saturated carbocycles. The monoisotopic (exact) mass is 321 g/mol. The lowest BCUT2D eigenvalue weighted by Gasteiger charge is -2.32. The Labute approximate surface area is 136 Å². The van der Waals surface area contributed by atoms with E-state index in [1.807, 2.05) is 0 Å². The minimum absolute atomic E-state index is 0.0674. The van der Waals surface area contributed by atoms with E-state index in [0.717, 1.165) is 12.8 Å². The number of nitrogens with zero attached hydrogens (tertiary/aromatic N) is 1.